The number of carbonyl (C=O) groups is 2. The smallest absolute Gasteiger partial charge is 0.307 e. The van der Waals surface area contributed by atoms with Gasteiger partial charge in [-0.3, -0.25) is 9.59 Å². The predicted octanol–water partition coefficient (Wildman–Crippen LogP) is 0.861. The maximum absolute atomic E-state index is 11.4. The quantitative estimate of drug-likeness (QED) is 0.342. The highest BCUT2D eigenvalue weighted by molar-refractivity contribution is 6.50. The van der Waals surface area contributed by atoms with E-state index in [0.717, 1.165) is 0 Å². The van der Waals surface area contributed by atoms with Crippen LogP contribution >= 0.6 is 0 Å². The van der Waals surface area contributed by atoms with Gasteiger partial charge in [-0.2, -0.15) is 4.79 Å². The largest absolute Gasteiger partial charge is 0.361 e. The second-order valence-electron chi connectivity index (χ2n) is 3.02. The molecule has 0 atom stereocenters. The van der Waals surface area contributed by atoms with Crippen LogP contribution in [-0.2, 0) is 4.79 Å². The van der Waals surface area contributed by atoms with Gasteiger partial charge in [-0.05, 0) is 6.07 Å². The number of benzene rings is 1. The Bertz CT molecular complexity index is 485. The van der Waals surface area contributed by atoms with Crippen molar-refractivity contribution >= 4 is 17.3 Å². The molecular weight excluding hydrogens is 180 g/mol. The lowest BCUT2D eigenvalue weighted by Gasteiger charge is -2.08. The molecule has 0 aliphatic heterocycles. The molecule has 0 aromatic heterocycles. The van der Waals surface area contributed by atoms with Gasteiger partial charge < -0.3 is 5.53 Å². The van der Waals surface area contributed by atoms with Crippen molar-refractivity contribution in [3.8, 4) is 0 Å². The van der Waals surface area contributed by atoms with Crippen LogP contribution in [0.5, 0.6) is 0 Å². The zero-order chi connectivity index (χ0) is 10.1. The van der Waals surface area contributed by atoms with Crippen LogP contribution in [0.25, 0.3) is 5.53 Å². The average molecular weight is 186 g/mol. The van der Waals surface area contributed by atoms with E-state index in [2.05, 4.69) is 4.79 Å². The standard InChI is InChI=1S/C10H6N2O2/c11-12-8-5-9(13)10(14)7-4-2-1-3-6(7)8/h1-4H,5H2. The number of carbonyl (C=O) groups excluding carboxylic acids is 2. The van der Waals surface area contributed by atoms with Gasteiger partial charge >= 0.3 is 5.71 Å². The van der Waals surface area contributed by atoms with Gasteiger partial charge in [0.2, 0.25) is 11.6 Å². The first-order valence-corrected chi connectivity index (χ1v) is 4.12. The zero-order valence-electron chi connectivity index (χ0n) is 7.23. The Morgan fingerprint density at radius 3 is 2.43 bits per heavy atom. The van der Waals surface area contributed by atoms with Crippen LogP contribution in [0.3, 0.4) is 0 Å². The topological polar surface area (TPSA) is 70.5 Å². The number of ketones is 2. The van der Waals surface area contributed by atoms with Crippen LogP contribution in [0.15, 0.2) is 24.3 Å². The molecule has 1 aliphatic rings. The Morgan fingerprint density at radius 2 is 1.79 bits per heavy atom. The van der Waals surface area contributed by atoms with Crippen LogP contribution in [0.2, 0.25) is 0 Å². The highest BCUT2D eigenvalue weighted by Gasteiger charge is 2.33. The van der Waals surface area contributed by atoms with Crippen LogP contribution < -0.4 is 0 Å². The van der Waals surface area contributed by atoms with Crippen molar-refractivity contribution in [2.75, 3.05) is 0 Å². The minimum atomic E-state index is -0.531. The summed E-state index contributed by atoms with van der Waals surface area (Å²) in [6, 6.07) is 6.62. The van der Waals surface area contributed by atoms with Gasteiger partial charge in [0.1, 0.15) is 6.42 Å². The zero-order valence-corrected chi connectivity index (χ0v) is 7.23. The first-order chi connectivity index (χ1) is 6.74. The van der Waals surface area contributed by atoms with E-state index in [9.17, 15) is 9.59 Å². The van der Waals surface area contributed by atoms with Gasteiger partial charge in [0.25, 0.3) is 0 Å². The molecule has 0 unspecified atom stereocenters. The lowest BCUT2D eigenvalue weighted by Crippen LogP contribution is -2.27. The fourth-order valence-electron chi connectivity index (χ4n) is 1.50. The first-order valence-electron chi connectivity index (χ1n) is 4.12. The number of hydrogen-bond donors (Lipinski definition) is 0. The molecular formula is C10H6N2O2. The minimum absolute atomic E-state index is 0.119. The number of rotatable bonds is 0. The van der Waals surface area contributed by atoms with Crippen molar-refractivity contribution in [2.45, 2.75) is 6.42 Å². The summed E-state index contributed by atoms with van der Waals surface area (Å²) in [5.41, 5.74) is 9.78. The second kappa shape index (κ2) is 3.01. The van der Waals surface area contributed by atoms with E-state index < -0.39 is 11.6 Å². The predicted molar refractivity (Wildman–Crippen MR) is 48.1 cm³/mol. The Kier molecular flexibility index (Phi) is 1.84. The molecule has 0 radical (unpaired) electrons. The molecule has 68 valence electrons. The van der Waals surface area contributed by atoms with E-state index in [0.29, 0.717) is 11.1 Å². The Labute approximate surface area is 79.8 Å². The summed E-state index contributed by atoms with van der Waals surface area (Å²) in [6.07, 6.45) is -0.119. The van der Waals surface area contributed by atoms with Gasteiger partial charge in [-0.15, -0.1) is 0 Å². The molecule has 0 bridgehead atoms. The van der Waals surface area contributed by atoms with Gasteiger partial charge in [0.05, 0.1) is 5.56 Å². The van der Waals surface area contributed by atoms with Crippen molar-refractivity contribution in [3.05, 3.63) is 40.9 Å². The third kappa shape index (κ3) is 1.09. The molecule has 14 heavy (non-hydrogen) atoms. The molecule has 2 rings (SSSR count). The molecule has 0 heterocycles. The van der Waals surface area contributed by atoms with Crippen molar-refractivity contribution in [2.24, 2.45) is 0 Å². The van der Waals surface area contributed by atoms with Crippen molar-refractivity contribution in [3.63, 3.8) is 0 Å². The van der Waals surface area contributed by atoms with Gasteiger partial charge in [0, 0.05) is 5.56 Å². The van der Waals surface area contributed by atoms with Crippen LogP contribution in [0, 0.1) is 0 Å². The van der Waals surface area contributed by atoms with Gasteiger partial charge in [0.15, 0.2) is 0 Å². The number of hydrogen-bond acceptors (Lipinski definition) is 2. The summed E-state index contributed by atoms with van der Waals surface area (Å²) in [7, 11) is 0. The van der Waals surface area contributed by atoms with Crippen LogP contribution in [0.4, 0.5) is 0 Å². The Balaban J connectivity index is 2.73. The molecule has 1 aromatic rings. The molecule has 0 amide bonds. The van der Waals surface area contributed by atoms with Gasteiger partial charge in [-0.1, -0.05) is 18.2 Å². The summed E-state index contributed by atoms with van der Waals surface area (Å²) in [4.78, 5) is 25.6. The van der Waals surface area contributed by atoms with E-state index in [4.69, 9.17) is 5.53 Å². The maximum Gasteiger partial charge on any atom is 0.307 e. The maximum atomic E-state index is 11.4. The van der Waals surface area contributed by atoms with E-state index >= 15 is 0 Å². The number of fused-ring (bicyclic) bond motifs is 1. The molecule has 1 aliphatic carbocycles. The summed E-state index contributed by atoms with van der Waals surface area (Å²) >= 11 is 0. The van der Waals surface area contributed by atoms with Crippen molar-refractivity contribution < 1.29 is 14.4 Å². The fraction of sp³-hybridized carbons (Fsp3) is 0.100. The minimum Gasteiger partial charge on any atom is -0.361 e. The molecule has 0 fully saturated rings. The van der Waals surface area contributed by atoms with E-state index in [1.807, 2.05) is 0 Å². The number of Topliss-reactive ketones (excluding diaryl/α,β-unsaturated/α-hetero) is 2. The molecule has 4 heteroatoms. The van der Waals surface area contributed by atoms with E-state index in [1.165, 1.54) is 0 Å². The normalized spacial score (nSPS) is 15.0. The summed E-state index contributed by atoms with van der Waals surface area (Å²) in [5.74, 6) is -1.04. The van der Waals surface area contributed by atoms with E-state index in [1.54, 1.807) is 24.3 Å². The first kappa shape index (κ1) is 8.53. The number of nitrogens with zero attached hydrogens (tertiary/aromatic N) is 2. The molecule has 0 saturated heterocycles. The van der Waals surface area contributed by atoms with Crippen LogP contribution in [0.1, 0.15) is 22.3 Å². The second-order valence-corrected chi connectivity index (χ2v) is 3.02. The monoisotopic (exact) mass is 186 g/mol. The Morgan fingerprint density at radius 1 is 1.14 bits per heavy atom. The summed E-state index contributed by atoms with van der Waals surface area (Å²) in [5, 5.41) is 0. The SMILES string of the molecule is [N-]=[N+]=C1CC(=O)C(=O)c2ccccc21. The highest BCUT2D eigenvalue weighted by atomic mass is 16.2. The van der Waals surface area contributed by atoms with Crippen LogP contribution in [-0.4, -0.2) is 22.1 Å². The highest BCUT2D eigenvalue weighted by Crippen LogP contribution is 2.18. The average Bonchev–Trinajstić information content (AvgIpc) is 2.23. The third-order valence-electron chi connectivity index (χ3n) is 2.18. The Hall–Kier alpha value is -2.06. The molecule has 4 nitrogen and oxygen atoms in total. The summed E-state index contributed by atoms with van der Waals surface area (Å²) in [6.45, 7) is 0. The molecule has 0 spiro atoms. The molecule has 0 N–H and O–H groups in total. The summed E-state index contributed by atoms with van der Waals surface area (Å²) < 4.78 is 0. The van der Waals surface area contributed by atoms with E-state index in [-0.39, 0.29) is 12.1 Å². The lowest BCUT2D eigenvalue weighted by atomic mass is 9.88. The lowest BCUT2D eigenvalue weighted by molar-refractivity contribution is -0.114. The fourth-order valence-corrected chi connectivity index (χ4v) is 1.50. The van der Waals surface area contributed by atoms with Crippen molar-refractivity contribution in [1.29, 1.82) is 0 Å². The van der Waals surface area contributed by atoms with Gasteiger partial charge in [-0.25, -0.2) is 0 Å². The van der Waals surface area contributed by atoms with Crippen molar-refractivity contribution in [1.82, 2.24) is 0 Å². The third-order valence-corrected chi connectivity index (χ3v) is 2.18. The molecule has 1 aromatic carbocycles. The molecule has 0 saturated carbocycles.